The van der Waals surface area contributed by atoms with Crippen LogP contribution < -0.4 is 0 Å². The SMILES string of the molecule is CCCCCCCCCCC(O)C(=O)O.[CaH2]. The van der Waals surface area contributed by atoms with Crippen molar-refractivity contribution in [2.75, 3.05) is 0 Å². The van der Waals surface area contributed by atoms with E-state index >= 15 is 0 Å². The van der Waals surface area contributed by atoms with Crippen LogP contribution >= 0.6 is 0 Å². The Morgan fingerprint density at radius 3 is 1.88 bits per heavy atom. The molecule has 1 atom stereocenters. The van der Waals surface area contributed by atoms with Gasteiger partial charge in [-0.1, -0.05) is 58.3 Å². The van der Waals surface area contributed by atoms with Crippen LogP contribution in [-0.2, 0) is 4.79 Å². The molecule has 0 aliphatic rings. The van der Waals surface area contributed by atoms with E-state index in [0.717, 1.165) is 19.3 Å². The van der Waals surface area contributed by atoms with Gasteiger partial charge in [0.2, 0.25) is 0 Å². The first kappa shape index (κ1) is 19.0. The molecule has 0 aliphatic heterocycles. The fraction of sp³-hybridized carbons (Fsp3) is 0.917. The number of carbonyl (C=O) groups is 1. The van der Waals surface area contributed by atoms with Gasteiger partial charge in [-0.05, 0) is 6.42 Å². The monoisotopic (exact) mass is 258 g/mol. The number of unbranched alkanes of at least 4 members (excludes halogenated alkanes) is 7. The van der Waals surface area contributed by atoms with Crippen molar-refractivity contribution < 1.29 is 15.0 Å². The van der Waals surface area contributed by atoms with Crippen molar-refractivity contribution >= 4 is 43.7 Å². The van der Waals surface area contributed by atoms with Crippen molar-refractivity contribution in [3.05, 3.63) is 0 Å². The molecule has 0 aromatic heterocycles. The van der Waals surface area contributed by atoms with Crippen molar-refractivity contribution in [2.45, 2.75) is 70.8 Å². The Balaban J connectivity index is 0. The normalized spacial score (nSPS) is 11.9. The topological polar surface area (TPSA) is 57.5 Å². The molecule has 4 heteroatoms. The summed E-state index contributed by atoms with van der Waals surface area (Å²) in [7, 11) is 0. The Kier molecular flexibility index (Phi) is 16.4. The van der Waals surface area contributed by atoms with E-state index in [-0.39, 0.29) is 37.7 Å². The zero-order chi connectivity index (χ0) is 11.5. The molecule has 0 heterocycles. The van der Waals surface area contributed by atoms with Gasteiger partial charge in [-0.25, -0.2) is 4.79 Å². The van der Waals surface area contributed by atoms with Gasteiger partial charge in [-0.15, -0.1) is 0 Å². The summed E-state index contributed by atoms with van der Waals surface area (Å²) in [4.78, 5) is 10.3. The zero-order valence-electron chi connectivity index (χ0n) is 9.74. The molecule has 3 nitrogen and oxygen atoms in total. The van der Waals surface area contributed by atoms with Crippen LogP contribution in [0, 0.1) is 0 Å². The predicted octanol–water partition coefficient (Wildman–Crippen LogP) is 2.05. The van der Waals surface area contributed by atoms with Crippen molar-refractivity contribution in [3.63, 3.8) is 0 Å². The molecule has 0 aromatic carbocycles. The second-order valence-electron chi connectivity index (χ2n) is 4.12. The van der Waals surface area contributed by atoms with Crippen molar-refractivity contribution in [3.8, 4) is 0 Å². The molecule has 0 bridgehead atoms. The molecule has 0 amide bonds. The fourth-order valence-corrected chi connectivity index (χ4v) is 1.60. The molecule has 0 aromatic rings. The van der Waals surface area contributed by atoms with Crippen LogP contribution in [-0.4, -0.2) is 60.0 Å². The molecule has 0 saturated carbocycles. The summed E-state index contributed by atoms with van der Waals surface area (Å²) in [6.45, 7) is 2.20. The molecular weight excluding hydrogens is 232 g/mol. The third kappa shape index (κ3) is 12.8. The van der Waals surface area contributed by atoms with Gasteiger partial charge < -0.3 is 10.2 Å². The van der Waals surface area contributed by atoms with Gasteiger partial charge in [0, 0.05) is 0 Å². The summed E-state index contributed by atoms with van der Waals surface area (Å²) in [6, 6.07) is 0. The quantitative estimate of drug-likeness (QED) is 0.466. The Labute approximate surface area is 129 Å². The predicted molar refractivity (Wildman–Crippen MR) is 69.4 cm³/mol. The molecule has 16 heavy (non-hydrogen) atoms. The van der Waals surface area contributed by atoms with Gasteiger partial charge >= 0.3 is 43.7 Å². The van der Waals surface area contributed by atoms with Crippen molar-refractivity contribution in [1.29, 1.82) is 0 Å². The minimum atomic E-state index is -1.16. The van der Waals surface area contributed by atoms with E-state index in [0.29, 0.717) is 6.42 Å². The van der Waals surface area contributed by atoms with E-state index in [1.807, 2.05) is 0 Å². The van der Waals surface area contributed by atoms with Crippen LogP contribution in [0.1, 0.15) is 64.7 Å². The number of carboxylic acids is 1. The number of hydrogen-bond donors (Lipinski definition) is 2. The summed E-state index contributed by atoms with van der Waals surface area (Å²) in [5.41, 5.74) is 0. The summed E-state index contributed by atoms with van der Waals surface area (Å²) in [5.74, 6) is -1.10. The molecule has 94 valence electrons. The van der Waals surface area contributed by atoms with E-state index in [2.05, 4.69) is 6.92 Å². The van der Waals surface area contributed by atoms with Gasteiger partial charge in [-0.2, -0.15) is 0 Å². The second kappa shape index (κ2) is 13.8. The summed E-state index contributed by atoms with van der Waals surface area (Å²) in [5, 5.41) is 17.4. The van der Waals surface area contributed by atoms with E-state index in [9.17, 15) is 4.79 Å². The Morgan fingerprint density at radius 1 is 1.00 bits per heavy atom. The first-order valence-corrected chi connectivity index (χ1v) is 6.09. The van der Waals surface area contributed by atoms with E-state index in [4.69, 9.17) is 10.2 Å². The van der Waals surface area contributed by atoms with Crippen LogP contribution in [0.25, 0.3) is 0 Å². The molecular formula is C12H26CaO3. The maximum absolute atomic E-state index is 10.3. The maximum atomic E-state index is 10.3. The third-order valence-electron chi connectivity index (χ3n) is 2.62. The van der Waals surface area contributed by atoms with Crippen LogP contribution in [0.3, 0.4) is 0 Å². The van der Waals surface area contributed by atoms with E-state index < -0.39 is 12.1 Å². The summed E-state index contributed by atoms with van der Waals surface area (Å²) >= 11 is 0. The summed E-state index contributed by atoms with van der Waals surface area (Å²) < 4.78 is 0. The first-order chi connectivity index (χ1) is 7.18. The number of aliphatic hydroxyl groups is 1. The molecule has 0 fully saturated rings. The number of aliphatic carboxylic acids is 1. The third-order valence-corrected chi connectivity index (χ3v) is 2.62. The van der Waals surface area contributed by atoms with Crippen LogP contribution in [0.2, 0.25) is 0 Å². The Bertz CT molecular complexity index is 162. The average Bonchev–Trinajstić information content (AvgIpc) is 2.21. The van der Waals surface area contributed by atoms with Crippen LogP contribution in [0.5, 0.6) is 0 Å². The van der Waals surface area contributed by atoms with Crippen LogP contribution in [0.4, 0.5) is 0 Å². The van der Waals surface area contributed by atoms with Gasteiger partial charge in [0.05, 0.1) is 0 Å². The molecule has 0 spiro atoms. The van der Waals surface area contributed by atoms with E-state index in [1.54, 1.807) is 0 Å². The zero-order valence-corrected chi connectivity index (χ0v) is 9.74. The average molecular weight is 258 g/mol. The minimum absolute atomic E-state index is 0. The molecule has 0 saturated heterocycles. The fourth-order valence-electron chi connectivity index (χ4n) is 1.60. The van der Waals surface area contributed by atoms with Crippen molar-refractivity contribution in [1.82, 2.24) is 0 Å². The number of carboxylic acid groups (broad SMARTS) is 1. The van der Waals surface area contributed by atoms with Gasteiger partial charge in [0.1, 0.15) is 0 Å². The Morgan fingerprint density at radius 2 is 1.44 bits per heavy atom. The second-order valence-corrected chi connectivity index (χ2v) is 4.12. The van der Waals surface area contributed by atoms with Crippen molar-refractivity contribution in [2.24, 2.45) is 0 Å². The van der Waals surface area contributed by atoms with E-state index in [1.165, 1.54) is 32.1 Å². The standard InChI is InChI=1S/C12H24O3.Ca.2H/c1-2-3-4-5-6-7-8-9-10-11(13)12(14)15;;;/h11,13H,2-10H2,1H3,(H,14,15);;;. The molecule has 2 N–H and O–H groups in total. The van der Waals surface area contributed by atoms with Gasteiger partial charge in [0.25, 0.3) is 0 Å². The molecule has 0 rings (SSSR count). The first-order valence-electron chi connectivity index (χ1n) is 6.09. The van der Waals surface area contributed by atoms with Gasteiger partial charge in [0.15, 0.2) is 6.10 Å². The number of aliphatic hydroxyl groups excluding tert-OH is 1. The summed E-state index contributed by atoms with van der Waals surface area (Å²) in [6.07, 6.45) is 8.68. The number of rotatable bonds is 10. The van der Waals surface area contributed by atoms with Crippen LogP contribution in [0.15, 0.2) is 0 Å². The number of hydrogen-bond acceptors (Lipinski definition) is 2. The Hall–Kier alpha value is 0.690. The van der Waals surface area contributed by atoms with Gasteiger partial charge in [-0.3, -0.25) is 0 Å². The molecule has 0 aliphatic carbocycles. The molecule has 0 radical (unpaired) electrons. The molecule has 1 unspecified atom stereocenters.